The number of rotatable bonds is 8. The number of sulfonamides is 1. The molecule has 152 valence electrons. The van der Waals surface area contributed by atoms with Crippen LogP contribution < -0.4 is 14.4 Å². The summed E-state index contributed by atoms with van der Waals surface area (Å²) in [6.07, 6.45) is 1.69. The van der Waals surface area contributed by atoms with Gasteiger partial charge in [-0.3, -0.25) is 9.10 Å². The molecule has 0 fully saturated rings. The highest BCUT2D eigenvalue weighted by Crippen LogP contribution is 2.30. The van der Waals surface area contributed by atoms with Crippen molar-refractivity contribution in [3.63, 3.8) is 0 Å². The molecule has 0 radical (unpaired) electrons. The largest absolute Gasteiger partial charge is 0.495 e. The molecule has 2 aromatic rings. The molecule has 0 aliphatic rings. The van der Waals surface area contributed by atoms with Gasteiger partial charge in [-0.25, -0.2) is 8.42 Å². The summed E-state index contributed by atoms with van der Waals surface area (Å²) in [4.78, 5) is 12.3. The lowest BCUT2D eigenvalue weighted by molar-refractivity contribution is -0.116. The molecule has 0 heterocycles. The lowest BCUT2D eigenvalue weighted by Crippen LogP contribution is -2.31. The van der Waals surface area contributed by atoms with E-state index in [9.17, 15) is 13.2 Å². The first kappa shape index (κ1) is 22.0. The van der Waals surface area contributed by atoms with Gasteiger partial charge in [0.15, 0.2) is 0 Å². The molecule has 8 heteroatoms. The maximum Gasteiger partial charge on any atom is 0.232 e. The van der Waals surface area contributed by atoms with E-state index in [0.29, 0.717) is 22.9 Å². The summed E-state index contributed by atoms with van der Waals surface area (Å²) in [6.45, 7) is 4.03. The highest BCUT2D eigenvalue weighted by molar-refractivity contribution is 7.92. The molecule has 0 saturated carbocycles. The second-order valence-electron chi connectivity index (χ2n) is 6.57. The number of hydrogen-bond donors (Lipinski definition) is 1. The Balaban J connectivity index is 2.05. The predicted molar refractivity (Wildman–Crippen MR) is 114 cm³/mol. The van der Waals surface area contributed by atoms with Gasteiger partial charge in [0.05, 0.1) is 24.1 Å². The minimum atomic E-state index is -3.52. The second kappa shape index (κ2) is 9.30. The number of carbonyl (C=O) groups excluding carboxylic acids is 1. The molecular formula is C20H25ClN2O4S. The van der Waals surface area contributed by atoms with Gasteiger partial charge in [-0.1, -0.05) is 29.8 Å². The number of hydrogen-bond acceptors (Lipinski definition) is 4. The van der Waals surface area contributed by atoms with Gasteiger partial charge < -0.3 is 10.1 Å². The van der Waals surface area contributed by atoms with E-state index in [-0.39, 0.29) is 18.9 Å². The van der Waals surface area contributed by atoms with Gasteiger partial charge in [0.25, 0.3) is 0 Å². The summed E-state index contributed by atoms with van der Waals surface area (Å²) >= 11 is 6.12. The van der Waals surface area contributed by atoms with Gasteiger partial charge in [-0.2, -0.15) is 0 Å². The van der Waals surface area contributed by atoms with Crippen LogP contribution in [0.2, 0.25) is 5.02 Å². The van der Waals surface area contributed by atoms with Crippen LogP contribution in [0.3, 0.4) is 0 Å². The third kappa shape index (κ3) is 5.62. The SMILES string of the molecule is COc1ccc(N(CCCC(=O)Nc2c(C)cccc2C)S(C)(=O)=O)cc1Cl. The lowest BCUT2D eigenvalue weighted by Gasteiger charge is -2.23. The fourth-order valence-electron chi connectivity index (χ4n) is 2.89. The summed E-state index contributed by atoms with van der Waals surface area (Å²) in [7, 11) is -2.03. The number of anilines is 2. The fraction of sp³-hybridized carbons (Fsp3) is 0.350. The summed E-state index contributed by atoms with van der Waals surface area (Å²) in [5, 5.41) is 3.23. The van der Waals surface area contributed by atoms with Crippen molar-refractivity contribution < 1.29 is 17.9 Å². The van der Waals surface area contributed by atoms with E-state index in [0.717, 1.165) is 23.1 Å². The van der Waals surface area contributed by atoms with Crippen LogP contribution in [0.5, 0.6) is 5.75 Å². The van der Waals surface area contributed by atoms with Crippen LogP contribution in [0.15, 0.2) is 36.4 Å². The first-order valence-corrected chi connectivity index (χ1v) is 11.0. The average Bonchev–Trinajstić information content (AvgIpc) is 2.61. The Morgan fingerprint density at radius 3 is 2.36 bits per heavy atom. The Morgan fingerprint density at radius 2 is 1.82 bits per heavy atom. The summed E-state index contributed by atoms with van der Waals surface area (Å²) < 4.78 is 30.8. The van der Waals surface area contributed by atoms with Crippen molar-refractivity contribution >= 4 is 38.9 Å². The molecule has 0 spiro atoms. The Labute approximate surface area is 171 Å². The quantitative estimate of drug-likeness (QED) is 0.690. The van der Waals surface area contributed by atoms with E-state index in [1.807, 2.05) is 32.0 Å². The van der Waals surface area contributed by atoms with Crippen molar-refractivity contribution in [2.45, 2.75) is 26.7 Å². The lowest BCUT2D eigenvalue weighted by atomic mass is 10.1. The molecule has 1 N–H and O–H groups in total. The Bertz CT molecular complexity index is 940. The maximum absolute atomic E-state index is 12.3. The van der Waals surface area contributed by atoms with Crippen molar-refractivity contribution in [2.75, 3.05) is 29.5 Å². The molecule has 1 amide bonds. The number of aryl methyl sites for hydroxylation is 2. The average molecular weight is 425 g/mol. The van der Waals surface area contributed by atoms with Crippen LogP contribution in [-0.4, -0.2) is 34.2 Å². The van der Waals surface area contributed by atoms with Gasteiger partial charge in [-0.05, 0) is 49.6 Å². The van der Waals surface area contributed by atoms with Gasteiger partial charge >= 0.3 is 0 Å². The number of halogens is 1. The molecule has 2 aromatic carbocycles. The number of nitrogens with one attached hydrogen (secondary N) is 1. The molecule has 0 saturated heterocycles. The molecule has 0 aromatic heterocycles. The van der Waals surface area contributed by atoms with Gasteiger partial charge in [0, 0.05) is 18.7 Å². The molecule has 0 aliphatic heterocycles. The summed E-state index contributed by atoms with van der Waals surface area (Å²) in [5.41, 5.74) is 3.20. The standard InChI is InChI=1S/C20H25ClN2O4S/c1-14-7-5-8-15(2)20(14)22-19(24)9-6-12-23(28(4,25)26)16-10-11-18(27-3)17(21)13-16/h5,7-8,10-11,13H,6,9,12H2,1-4H3,(H,22,24). The van der Waals surface area contributed by atoms with E-state index < -0.39 is 10.0 Å². The van der Waals surface area contributed by atoms with Crippen molar-refractivity contribution in [2.24, 2.45) is 0 Å². The van der Waals surface area contributed by atoms with E-state index in [2.05, 4.69) is 5.32 Å². The Kier molecular flexibility index (Phi) is 7.32. The van der Waals surface area contributed by atoms with E-state index in [4.69, 9.17) is 16.3 Å². The summed E-state index contributed by atoms with van der Waals surface area (Å²) in [6, 6.07) is 10.6. The van der Waals surface area contributed by atoms with Crippen LogP contribution >= 0.6 is 11.6 Å². The predicted octanol–water partition coefficient (Wildman–Crippen LogP) is 4.15. The first-order valence-electron chi connectivity index (χ1n) is 8.81. The molecule has 0 unspecified atom stereocenters. The van der Waals surface area contributed by atoms with Crippen LogP contribution in [0, 0.1) is 13.8 Å². The topological polar surface area (TPSA) is 75.7 Å². The third-order valence-electron chi connectivity index (χ3n) is 4.33. The molecule has 0 atom stereocenters. The van der Waals surface area contributed by atoms with Crippen molar-refractivity contribution in [1.82, 2.24) is 0 Å². The molecule has 0 bridgehead atoms. The van der Waals surface area contributed by atoms with Crippen molar-refractivity contribution in [3.8, 4) is 5.75 Å². The minimum absolute atomic E-state index is 0.154. The number of amides is 1. The number of ether oxygens (including phenoxy) is 1. The number of benzene rings is 2. The molecule has 2 rings (SSSR count). The molecule has 28 heavy (non-hydrogen) atoms. The maximum atomic E-state index is 12.3. The fourth-order valence-corrected chi connectivity index (χ4v) is 4.10. The van der Waals surface area contributed by atoms with Crippen molar-refractivity contribution in [1.29, 1.82) is 0 Å². The number of carbonyl (C=O) groups is 1. The number of para-hydroxylation sites is 1. The van der Waals surface area contributed by atoms with Gasteiger partial charge in [0.2, 0.25) is 15.9 Å². The van der Waals surface area contributed by atoms with E-state index in [1.54, 1.807) is 12.1 Å². The normalized spacial score (nSPS) is 11.2. The van der Waals surface area contributed by atoms with Gasteiger partial charge in [-0.15, -0.1) is 0 Å². The van der Waals surface area contributed by atoms with E-state index in [1.165, 1.54) is 17.5 Å². The molecule has 0 aliphatic carbocycles. The van der Waals surface area contributed by atoms with Gasteiger partial charge in [0.1, 0.15) is 5.75 Å². The highest BCUT2D eigenvalue weighted by Gasteiger charge is 2.19. The first-order chi connectivity index (χ1) is 13.1. The summed E-state index contributed by atoms with van der Waals surface area (Å²) in [5.74, 6) is 0.311. The van der Waals surface area contributed by atoms with Crippen LogP contribution in [0.1, 0.15) is 24.0 Å². The van der Waals surface area contributed by atoms with E-state index >= 15 is 0 Å². The Hall–Kier alpha value is -2.25. The van der Waals surface area contributed by atoms with Crippen LogP contribution in [-0.2, 0) is 14.8 Å². The second-order valence-corrected chi connectivity index (χ2v) is 8.89. The third-order valence-corrected chi connectivity index (χ3v) is 5.82. The number of nitrogens with zero attached hydrogens (tertiary/aromatic N) is 1. The zero-order valence-electron chi connectivity index (χ0n) is 16.5. The molecular weight excluding hydrogens is 400 g/mol. The smallest absolute Gasteiger partial charge is 0.232 e. The van der Waals surface area contributed by atoms with Crippen molar-refractivity contribution in [3.05, 3.63) is 52.5 Å². The number of methoxy groups -OCH3 is 1. The monoisotopic (exact) mass is 424 g/mol. The minimum Gasteiger partial charge on any atom is -0.495 e. The molecule has 6 nitrogen and oxygen atoms in total. The zero-order chi connectivity index (χ0) is 20.9. The van der Waals surface area contributed by atoms with Crippen LogP contribution in [0.25, 0.3) is 0 Å². The zero-order valence-corrected chi connectivity index (χ0v) is 18.0. The Morgan fingerprint density at radius 1 is 1.18 bits per heavy atom. The highest BCUT2D eigenvalue weighted by atomic mass is 35.5. The van der Waals surface area contributed by atoms with Crippen LogP contribution in [0.4, 0.5) is 11.4 Å².